The van der Waals surface area contributed by atoms with E-state index < -0.39 is 82.2 Å². The molecular formula is C30H37F3N4O7. The fourth-order valence-electron chi connectivity index (χ4n) is 7.93. The molecule has 4 aliphatic rings. The molecule has 1 aliphatic heterocycles. The number of benzene rings is 1. The zero-order valence-corrected chi connectivity index (χ0v) is 25.0. The van der Waals surface area contributed by atoms with E-state index >= 15 is 0 Å². The number of alkyl halides is 3. The van der Waals surface area contributed by atoms with Crippen LogP contribution in [0.3, 0.4) is 0 Å². The van der Waals surface area contributed by atoms with E-state index in [2.05, 4.69) is 0 Å². The number of Topliss-reactive ketones (excluding diaryl/α,β-unsaturated/α-hetero) is 4. The average molecular weight is 623 g/mol. The van der Waals surface area contributed by atoms with Crippen molar-refractivity contribution in [1.82, 2.24) is 9.80 Å². The number of likely N-dealkylation sites (tertiary alicyclic amines) is 1. The summed E-state index contributed by atoms with van der Waals surface area (Å²) in [6.07, 6.45) is -4.04. The maximum Gasteiger partial charge on any atom is 0.393 e. The van der Waals surface area contributed by atoms with Gasteiger partial charge in [0.1, 0.15) is 5.75 Å². The lowest BCUT2D eigenvalue weighted by Gasteiger charge is -2.52. The normalized spacial score (nSPS) is 32.8. The van der Waals surface area contributed by atoms with Crippen molar-refractivity contribution < 1.29 is 47.4 Å². The van der Waals surface area contributed by atoms with Crippen molar-refractivity contribution in [2.45, 2.75) is 50.0 Å². The number of nitrogens with zero attached hydrogens (tertiary/aromatic N) is 3. The highest BCUT2D eigenvalue weighted by atomic mass is 19.4. The Hall–Kier alpha value is -3.36. The van der Waals surface area contributed by atoms with E-state index in [0.29, 0.717) is 24.2 Å². The fourth-order valence-corrected chi connectivity index (χ4v) is 7.93. The molecule has 1 heterocycles. The van der Waals surface area contributed by atoms with E-state index in [9.17, 15) is 47.4 Å². The molecule has 240 valence electrons. The number of aliphatic hydroxyl groups is 1. The van der Waals surface area contributed by atoms with Crippen LogP contribution in [0.25, 0.3) is 0 Å². The van der Waals surface area contributed by atoms with Crippen LogP contribution in [0.2, 0.25) is 0 Å². The van der Waals surface area contributed by atoms with Gasteiger partial charge in [0, 0.05) is 44.4 Å². The highest BCUT2D eigenvalue weighted by Crippen LogP contribution is 2.52. The first-order valence-corrected chi connectivity index (χ1v) is 14.6. The summed E-state index contributed by atoms with van der Waals surface area (Å²) < 4.78 is 40.4. The molecule has 14 heteroatoms. The van der Waals surface area contributed by atoms with Gasteiger partial charge in [-0.2, -0.15) is 13.2 Å². The van der Waals surface area contributed by atoms with Crippen molar-refractivity contribution in [1.29, 1.82) is 0 Å². The van der Waals surface area contributed by atoms with Crippen LogP contribution in [0.5, 0.6) is 5.75 Å². The number of rotatable bonds is 5. The van der Waals surface area contributed by atoms with Gasteiger partial charge in [-0.3, -0.25) is 33.8 Å². The minimum absolute atomic E-state index is 0.00228. The largest absolute Gasteiger partial charge is 0.507 e. The number of halogens is 3. The Morgan fingerprint density at radius 3 is 2.36 bits per heavy atom. The minimum atomic E-state index is -4.37. The zero-order chi connectivity index (χ0) is 32.6. The number of amides is 1. The molecule has 3 unspecified atom stereocenters. The second-order valence-electron chi connectivity index (χ2n) is 13.1. The van der Waals surface area contributed by atoms with Gasteiger partial charge in [-0.25, -0.2) is 0 Å². The molecule has 5 rings (SSSR count). The number of piperidine rings is 1. The third-order valence-electron chi connectivity index (χ3n) is 9.96. The first kappa shape index (κ1) is 32.0. The van der Waals surface area contributed by atoms with Gasteiger partial charge in [-0.05, 0) is 63.9 Å². The molecule has 3 aliphatic carbocycles. The maximum atomic E-state index is 14.2. The highest BCUT2D eigenvalue weighted by Gasteiger charge is 2.69. The molecule has 0 radical (unpaired) electrons. The lowest BCUT2D eigenvalue weighted by Crippen LogP contribution is -2.74. The summed E-state index contributed by atoms with van der Waals surface area (Å²) in [5.41, 5.74) is 3.51. The van der Waals surface area contributed by atoms with Crippen molar-refractivity contribution >= 4 is 34.7 Å². The molecule has 44 heavy (non-hydrogen) atoms. The van der Waals surface area contributed by atoms with Crippen molar-refractivity contribution in [2.75, 3.05) is 46.2 Å². The Labute approximate surface area is 252 Å². The zero-order valence-electron chi connectivity index (χ0n) is 25.0. The highest BCUT2D eigenvalue weighted by molar-refractivity contribution is 6.32. The van der Waals surface area contributed by atoms with Crippen LogP contribution in [-0.4, -0.2) is 108 Å². The Morgan fingerprint density at radius 2 is 1.80 bits per heavy atom. The molecule has 0 aromatic heterocycles. The molecule has 11 nitrogen and oxygen atoms in total. The van der Waals surface area contributed by atoms with Crippen molar-refractivity contribution in [3.63, 3.8) is 0 Å². The predicted octanol–water partition coefficient (Wildman–Crippen LogP) is 0.707. The standard InChI is InChI=1S/C30H37F3N4O7/c1-35(2)18-10-14(11-37-7-5-6-15(12-37)30(31,32)33)23(38)20-16(18)8-13-9-17-22(36(3)4)25(40)21(28(34)43)27(42)29(17,44)26(41)19(13)24(20)39/h10,13,15,17,19,21-22,38,44H,5-9,11-12H2,1-4H3,(H2,34,43)/t13-,15?,17-,19?,21?,22-,29-/m0/s1. The number of carbonyl (C=O) groups excluding carboxylic acids is 5. The topological polar surface area (TPSA) is 162 Å². The number of hydrogen-bond acceptors (Lipinski definition) is 10. The minimum Gasteiger partial charge on any atom is -0.507 e. The van der Waals surface area contributed by atoms with Gasteiger partial charge < -0.3 is 20.8 Å². The Balaban J connectivity index is 1.57. The Bertz CT molecular complexity index is 1440. The van der Waals surface area contributed by atoms with E-state index in [0.717, 1.165) is 0 Å². The SMILES string of the molecule is CN(C)c1cc(CN2CCCC(C(F)(F)F)C2)c(O)c2c1C[C@H]1C[C@H]3[C@H](N(C)C)C(=O)C(C(N)=O)C(=O)[C@@]3(O)C(=O)C1C2=O. The van der Waals surface area contributed by atoms with Crippen LogP contribution in [0.4, 0.5) is 18.9 Å². The summed E-state index contributed by atoms with van der Waals surface area (Å²) in [4.78, 5) is 71.8. The molecule has 3 fully saturated rings. The van der Waals surface area contributed by atoms with Crippen LogP contribution < -0.4 is 10.6 Å². The number of anilines is 1. The number of ketones is 4. The second-order valence-corrected chi connectivity index (χ2v) is 13.1. The number of aromatic hydroxyl groups is 1. The quantitative estimate of drug-likeness (QED) is 0.399. The van der Waals surface area contributed by atoms with Gasteiger partial charge in [-0.15, -0.1) is 0 Å². The summed E-state index contributed by atoms with van der Waals surface area (Å²) >= 11 is 0. The predicted molar refractivity (Wildman–Crippen MR) is 150 cm³/mol. The number of carbonyl (C=O) groups is 5. The molecule has 4 N–H and O–H groups in total. The van der Waals surface area contributed by atoms with Crippen LogP contribution in [0.15, 0.2) is 6.07 Å². The molecule has 0 bridgehead atoms. The van der Waals surface area contributed by atoms with Crippen molar-refractivity contribution in [3.8, 4) is 5.75 Å². The smallest absolute Gasteiger partial charge is 0.393 e. The van der Waals surface area contributed by atoms with E-state index in [1.54, 1.807) is 30.0 Å². The van der Waals surface area contributed by atoms with Crippen molar-refractivity contribution in [2.24, 2.45) is 35.3 Å². The van der Waals surface area contributed by atoms with Gasteiger partial charge >= 0.3 is 6.18 Å². The average Bonchev–Trinajstić information content (AvgIpc) is 2.91. The monoisotopic (exact) mass is 622 g/mol. The van der Waals surface area contributed by atoms with Crippen LogP contribution in [-0.2, 0) is 32.1 Å². The van der Waals surface area contributed by atoms with E-state index in [1.165, 1.54) is 19.0 Å². The van der Waals surface area contributed by atoms with Gasteiger partial charge in [0.2, 0.25) is 5.91 Å². The van der Waals surface area contributed by atoms with Gasteiger partial charge in [0.25, 0.3) is 0 Å². The summed E-state index contributed by atoms with van der Waals surface area (Å²) in [5.74, 6) is -13.0. The molecule has 1 saturated heterocycles. The molecule has 0 spiro atoms. The van der Waals surface area contributed by atoms with E-state index in [1.807, 2.05) is 0 Å². The number of fused-ring (bicyclic) bond motifs is 3. The molecular weight excluding hydrogens is 585 g/mol. The van der Waals surface area contributed by atoms with E-state index in [4.69, 9.17) is 5.73 Å². The molecule has 1 aromatic rings. The number of hydrogen-bond donors (Lipinski definition) is 3. The molecule has 7 atom stereocenters. The van der Waals surface area contributed by atoms with Crippen molar-refractivity contribution in [3.05, 3.63) is 22.8 Å². The number of primary amides is 1. The first-order chi connectivity index (χ1) is 20.4. The number of likely N-dealkylation sites (N-methyl/N-ethyl adjacent to an activating group) is 1. The van der Waals surface area contributed by atoms with Gasteiger partial charge in [0.15, 0.2) is 34.7 Å². The second kappa shape index (κ2) is 10.9. The Kier molecular flexibility index (Phi) is 7.95. The van der Waals surface area contributed by atoms with E-state index in [-0.39, 0.29) is 43.5 Å². The lowest BCUT2D eigenvalue weighted by atomic mass is 9.52. The number of nitrogens with two attached hydrogens (primary N) is 1. The summed E-state index contributed by atoms with van der Waals surface area (Å²) in [7, 11) is 6.45. The first-order valence-electron chi connectivity index (χ1n) is 14.6. The summed E-state index contributed by atoms with van der Waals surface area (Å²) in [5, 5.41) is 23.2. The summed E-state index contributed by atoms with van der Waals surface area (Å²) in [6, 6.07) is 0.430. The Morgan fingerprint density at radius 1 is 1.14 bits per heavy atom. The molecule has 1 aromatic carbocycles. The van der Waals surface area contributed by atoms with Crippen LogP contribution in [0.1, 0.15) is 40.7 Å². The molecule has 1 amide bonds. The number of phenolic OH excluding ortho intramolecular Hbond substituents is 1. The van der Waals surface area contributed by atoms with Crippen LogP contribution in [0, 0.1) is 29.6 Å². The third-order valence-corrected chi connectivity index (χ3v) is 9.96. The molecule has 2 saturated carbocycles. The van der Waals surface area contributed by atoms with Crippen LogP contribution >= 0.6 is 0 Å². The van der Waals surface area contributed by atoms with Gasteiger partial charge in [-0.1, -0.05) is 0 Å². The summed E-state index contributed by atoms with van der Waals surface area (Å²) in [6.45, 7) is 0.0257. The third kappa shape index (κ3) is 4.81. The van der Waals surface area contributed by atoms with Gasteiger partial charge in [0.05, 0.1) is 23.4 Å². The fraction of sp³-hybridized carbons (Fsp3) is 0.633. The lowest BCUT2D eigenvalue weighted by molar-refractivity contribution is -0.187. The number of phenols is 1. The maximum absolute atomic E-state index is 14.2.